The number of halogens is 1. The van der Waals surface area contributed by atoms with Crippen LogP contribution in [0.15, 0.2) is 24.3 Å². The molecule has 0 spiro atoms. The number of hydrogen-bond donors (Lipinski definition) is 2. The van der Waals surface area contributed by atoms with E-state index in [1.165, 1.54) is 24.3 Å². The Hall–Kier alpha value is -1.18. The van der Waals surface area contributed by atoms with Crippen LogP contribution in [-0.4, -0.2) is 21.5 Å². The van der Waals surface area contributed by atoms with Crippen molar-refractivity contribution >= 4 is 15.9 Å². The molecule has 1 rings (SSSR count). The highest BCUT2D eigenvalue weighted by Gasteiger charge is 2.16. The summed E-state index contributed by atoms with van der Waals surface area (Å²) in [6, 6.07) is 5.07. The van der Waals surface area contributed by atoms with Gasteiger partial charge in [0.25, 0.3) is 10.2 Å². The quantitative estimate of drug-likeness (QED) is 0.778. The van der Waals surface area contributed by atoms with Gasteiger partial charge in [0.2, 0.25) is 0 Å². The molecule has 0 atom stereocenters. The van der Waals surface area contributed by atoms with Crippen molar-refractivity contribution in [2.24, 2.45) is 10.9 Å². The van der Waals surface area contributed by atoms with E-state index in [1.807, 2.05) is 0 Å². The van der Waals surface area contributed by atoms with Gasteiger partial charge in [-0.25, -0.2) is 9.53 Å². The van der Waals surface area contributed by atoms with Crippen LogP contribution in [0.25, 0.3) is 0 Å². The maximum absolute atomic E-state index is 12.7. The molecular formula is C9H14FN3O2S. The molecule has 0 saturated heterocycles. The van der Waals surface area contributed by atoms with Gasteiger partial charge in [-0.05, 0) is 37.2 Å². The first-order valence-corrected chi connectivity index (χ1v) is 6.21. The summed E-state index contributed by atoms with van der Waals surface area (Å²) in [5, 5.41) is 5.05. The van der Waals surface area contributed by atoms with Gasteiger partial charge in [0.05, 0.1) is 5.69 Å². The minimum Gasteiger partial charge on any atom is -0.330 e. The highest BCUT2D eigenvalue weighted by atomic mass is 32.2. The molecule has 0 fully saturated rings. The van der Waals surface area contributed by atoms with Gasteiger partial charge >= 0.3 is 0 Å². The van der Waals surface area contributed by atoms with Gasteiger partial charge in [-0.15, -0.1) is 0 Å². The van der Waals surface area contributed by atoms with Crippen LogP contribution in [0.1, 0.15) is 6.42 Å². The molecule has 0 aliphatic rings. The molecule has 5 nitrogen and oxygen atoms in total. The van der Waals surface area contributed by atoms with Crippen molar-refractivity contribution in [2.75, 3.05) is 17.4 Å². The second-order valence-electron chi connectivity index (χ2n) is 3.24. The molecule has 0 aliphatic heterocycles. The van der Waals surface area contributed by atoms with Crippen molar-refractivity contribution in [1.29, 1.82) is 0 Å². The Bertz CT molecular complexity index is 433. The molecule has 0 unspecified atom stereocenters. The zero-order chi connectivity index (χ0) is 12.2. The second kappa shape index (κ2) is 5.24. The standard InChI is InChI=1S/C9H14FN3O2S/c10-8-2-4-9(5-3-8)13(7-1-6-11)16(12,14)15/h2-5H,1,6-7,11H2,(H2,12,14,15). The number of hydrogen-bond acceptors (Lipinski definition) is 3. The van der Waals surface area contributed by atoms with E-state index in [2.05, 4.69) is 0 Å². The lowest BCUT2D eigenvalue weighted by atomic mass is 10.3. The zero-order valence-corrected chi connectivity index (χ0v) is 9.45. The molecule has 90 valence electrons. The minimum atomic E-state index is -3.85. The SMILES string of the molecule is NCCCN(c1ccc(F)cc1)S(N)(=O)=O. The lowest BCUT2D eigenvalue weighted by Gasteiger charge is -2.21. The van der Waals surface area contributed by atoms with E-state index >= 15 is 0 Å². The van der Waals surface area contributed by atoms with Crippen molar-refractivity contribution < 1.29 is 12.8 Å². The summed E-state index contributed by atoms with van der Waals surface area (Å²) in [4.78, 5) is 0. The third-order valence-corrected chi connectivity index (χ3v) is 2.99. The summed E-state index contributed by atoms with van der Waals surface area (Å²) in [7, 11) is -3.85. The third kappa shape index (κ3) is 3.44. The Morgan fingerprint density at radius 2 is 1.81 bits per heavy atom. The summed E-state index contributed by atoms with van der Waals surface area (Å²) in [5.74, 6) is -0.433. The summed E-state index contributed by atoms with van der Waals surface area (Å²) in [5.41, 5.74) is 5.63. The number of nitrogens with zero attached hydrogens (tertiary/aromatic N) is 1. The van der Waals surface area contributed by atoms with E-state index in [0.29, 0.717) is 18.7 Å². The number of anilines is 1. The molecule has 0 radical (unpaired) electrons. The number of nitrogens with two attached hydrogens (primary N) is 2. The molecule has 0 aromatic heterocycles. The van der Waals surface area contributed by atoms with E-state index < -0.39 is 16.0 Å². The first-order valence-electron chi connectivity index (χ1n) is 4.71. The van der Waals surface area contributed by atoms with Gasteiger partial charge in [0.15, 0.2) is 0 Å². The smallest absolute Gasteiger partial charge is 0.298 e. The fraction of sp³-hybridized carbons (Fsp3) is 0.333. The number of rotatable bonds is 5. The Balaban J connectivity index is 2.97. The van der Waals surface area contributed by atoms with E-state index in [0.717, 1.165) is 4.31 Å². The second-order valence-corrected chi connectivity index (χ2v) is 4.71. The Kier molecular flexibility index (Phi) is 4.22. The molecule has 0 amide bonds. The first-order chi connectivity index (χ1) is 7.45. The van der Waals surface area contributed by atoms with Crippen LogP contribution >= 0.6 is 0 Å². The molecule has 1 aromatic rings. The highest BCUT2D eigenvalue weighted by molar-refractivity contribution is 7.90. The van der Waals surface area contributed by atoms with Gasteiger partial charge in [-0.3, -0.25) is 4.31 Å². The van der Waals surface area contributed by atoms with Crippen LogP contribution in [0.2, 0.25) is 0 Å². The van der Waals surface area contributed by atoms with E-state index in [4.69, 9.17) is 10.9 Å². The maximum Gasteiger partial charge on any atom is 0.298 e. The normalized spacial score (nSPS) is 11.4. The van der Waals surface area contributed by atoms with Crippen molar-refractivity contribution in [1.82, 2.24) is 0 Å². The third-order valence-electron chi connectivity index (χ3n) is 1.99. The van der Waals surface area contributed by atoms with Crippen molar-refractivity contribution in [3.63, 3.8) is 0 Å². The molecular weight excluding hydrogens is 233 g/mol. The molecule has 0 heterocycles. The number of benzene rings is 1. The van der Waals surface area contributed by atoms with Crippen molar-refractivity contribution in [2.45, 2.75) is 6.42 Å². The predicted molar refractivity (Wildman–Crippen MR) is 60.5 cm³/mol. The molecule has 4 N–H and O–H groups in total. The molecule has 0 saturated carbocycles. The average molecular weight is 247 g/mol. The zero-order valence-electron chi connectivity index (χ0n) is 8.64. The van der Waals surface area contributed by atoms with E-state index in [1.54, 1.807) is 0 Å². The van der Waals surface area contributed by atoms with Crippen LogP contribution in [-0.2, 0) is 10.2 Å². The van der Waals surface area contributed by atoms with E-state index in [9.17, 15) is 12.8 Å². The molecule has 7 heteroatoms. The first kappa shape index (κ1) is 12.9. The fourth-order valence-electron chi connectivity index (χ4n) is 1.25. The Labute approximate surface area is 94.0 Å². The lowest BCUT2D eigenvalue weighted by Crippen LogP contribution is -2.38. The fourth-order valence-corrected chi connectivity index (χ4v) is 2.04. The maximum atomic E-state index is 12.7. The van der Waals surface area contributed by atoms with Crippen LogP contribution in [0.5, 0.6) is 0 Å². The van der Waals surface area contributed by atoms with Crippen LogP contribution in [0.3, 0.4) is 0 Å². The largest absolute Gasteiger partial charge is 0.330 e. The molecule has 0 aliphatic carbocycles. The highest BCUT2D eigenvalue weighted by Crippen LogP contribution is 2.16. The van der Waals surface area contributed by atoms with Gasteiger partial charge in [-0.2, -0.15) is 8.42 Å². The van der Waals surface area contributed by atoms with Crippen LogP contribution in [0.4, 0.5) is 10.1 Å². The summed E-state index contributed by atoms with van der Waals surface area (Å²) >= 11 is 0. The molecule has 0 bridgehead atoms. The van der Waals surface area contributed by atoms with Crippen molar-refractivity contribution in [3.8, 4) is 0 Å². The van der Waals surface area contributed by atoms with Crippen molar-refractivity contribution in [3.05, 3.63) is 30.1 Å². The summed E-state index contributed by atoms with van der Waals surface area (Å²) in [6.45, 7) is 0.536. The van der Waals surface area contributed by atoms with Gasteiger partial charge < -0.3 is 5.73 Å². The van der Waals surface area contributed by atoms with E-state index in [-0.39, 0.29) is 6.54 Å². The topological polar surface area (TPSA) is 89.4 Å². The average Bonchev–Trinajstić information content (AvgIpc) is 2.19. The lowest BCUT2D eigenvalue weighted by molar-refractivity contribution is 0.590. The van der Waals surface area contributed by atoms with Gasteiger partial charge in [0, 0.05) is 6.54 Å². The molecule has 1 aromatic carbocycles. The monoisotopic (exact) mass is 247 g/mol. The van der Waals surface area contributed by atoms with Gasteiger partial charge in [0.1, 0.15) is 5.82 Å². The van der Waals surface area contributed by atoms with Gasteiger partial charge in [-0.1, -0.05) is 0 Å². The van der Waals surface area contributed by atoms with Crippen LogP contribution in [0, 0.1) is 5.82 Å². The van der Waals surface area contributed by atoms with Crippen LogP contribution < -0.4 is 15.2 Å². The Morgan fingerprint density at radius 3 is 2.25 bits per heavy atom. The molecule has 16 heavy (non-hydrogen) atoms. The summed E-state index contributed by atoms with van der Waals surface area (Å²) < 4.78 is 36.3. The Morgan fingerprint density at radius 1 is 1.25 bits per heavy atom. The summed E-state index contributed by atoms with van der Waals surface area (Å²) in [6.07, 6.45) is 0.480. The predicted octanol–water partition coefficient (Wildman–Crippen LogP) is 0.184. The minimum absolute atomic E-state index is 0.182.